The van der Waals surface area contributed by atoms with Gasteiger partial charge in [-0.15, -0.1) is 0 Å². The number of benzene rings is 2. The molecule has 0 radical (unpaired) electrons. The monoisotopic (exact) mass is 286 g/mol. The van der Waals surface area contributed by atoms with Gasteiger partial charge in [-0.25, -0.2) is 0 Å². The lowest BCUT2D eigenvalue weighted by molar-refractivity contribution is -0.119. The van der Waals surface area contributed by atoms with Crippen molar-refractivity contribution in [2.75, 3.05) is 6.16 Å². The minimum atomic E-state index is -2.75. The largest absolute Gasteiger partial charge is 0.314 e. The van der Waals surface area contributed by atoms with Crippen LogP contribution in [-0.4, -0.2) is 11.9 Å². The molecule has 0 aliphatic heterocycles. The summed E-state index contributed by atoms with van der Waals surface area (Å²) in [6.07, 6.45) is 0.385. The molecule has 0 saturated carbocycles. The summed E-state index contributed by atoms with van der Waals surface area (Å²) in [4.78, 5) is 11.6. The Labute approximate surface area is 120 Å². The van der Waals surface area contributed by atoms with Gasteiger partial charge >= 0.3 is 0 Å². The van der Waals surface area contributed by atoms with Crippen molar-refractivity contribution < 1.29 is 9.36 Å². The van der Waals surface area contributed by atoms with Gasteiger partial charge in [-0.2, -0.15) is 0 Å². The van der Waals surface area contributed by atoms with Gasteiger partial charge in [-0.1, -0.05) is 67.6 Å². The topological polar surface area (TPSA) is 34.1 Å². The van der Waals surface area contributed by atoms with Crippen molar-refractivity contribution in [1.82, 2.24) is 0 Å². The fourth-order valence-electron chi connectivity index (χ4n) is 2.21. The first-order valence-corrected chi connectivity index (χ1v) is 8.64. The van der Waals surface area contributed by atoms with Crippen LogP contribution < -0.4 is 10.6 Å². The Morgan fingerprint density at radius 3 is 1.70 bits per heavy atom. The van der Waals surface area contributed by atoms with Crippen molar-refractivity contribution in [1.29, 1.82) is 0 Å². The average molecular weight is 286 g/mol. The molecule has 2 aromatic rings. The molecule has 0 amide bonds. The third-order valence-corrected chi connectivity index (χ3v) is 6.90. The molecule has 0 heterocycles. The van der Waals surface area contributed by atoms with Gasteiger partial charge in [0.1, 0.15) is 12.9 Å². The lowest BCUT2D eigenvalue weighted by atomic mass is 10.1. The van der Waals surface area contributed by atoms with Crippen molar-refractivity contribution in [2.45, 2.75) is 13.8 Å². The molecule has 0 saturated heterocycles. The van der Waals surface area contributed by atoms with Gasteiger partial charge < -0.3 is 4.57 Å². The van der Waals surface area contributed by atoms with E-state index in [0.717, 1.165) is 10.6 Å². The Balaban J connectivity index is 2.50. The van der Waals surface area contributed by atoms with Crippen LogP contribution in [0.2, 0.25) is 0 Å². The number of carbonyl (C=O) groups excluding carboxylic acids is 1. The second kappa shape index (κ2) is 6.19. The predicted molar refractivity (Wildman–Crippen MR) is 84.5 cm³/mol. The fourth-order valence-corrected chi connectivity index (χ4v) is 5.27. The minimum Gasteiger partial charge on any atom is -0.314 e. The van der Waals surface area contributed by atoms with Crippen LogP contribution in [0.1, 0.15) is 13.8 Å². The smallest absolute Gasteiger partial charge is 0.143 e. The van der Waals surface area contributed by atoms with E-state index < -0.39 is 7.14 Å². The molecule has 3 heteroatoms. The highest BCUT2D eigenvalue weighted by Gasteiger charge is 2.30. The lowest BCUT2D eigenvalue weighted by Crippen LogP contribution is -2.23. The zero-order valence-corrected chi connectivity index (χ0v) is 12.7. The van der Waals surface area contributed by atoms with Gasteiger partial charge in [0.15, 0.2) is 0 Å². The molecule has 1 atom stereocenters. The number of rotatable bonds is 5. The van der Waals surface area contributed by atoms with E-state index in [2.05, 4.69) is 0 Å². The summed E-state index contributed by atoms with van der Waals surface area (Å²) >= 11 is 0. The second-order valence-electron chi connectivity index (χ2n) is 5.11. The highest BCUT2D eigenvalue weighted by Crippen LogP contribution is 2.45. The van der Waals surface area contributed by atoms with Crippen LogP contribution in [0.5, 0.6) is 0 Å². The molecule has 20 heavy (non-hydrogen) atoms. The molecule has 1 unspecified atom stereocenters. The van der Waals surface area contributed by atoms with Crippen molar-refractivity contribution >= 4 is 23.5 Å². The Morgan fingerprint density at radius 2 is 1.35 bits per heavy atom. The Bertz CT molecular complexity index is 576. The van der Waals surface area contributed by atoms with E-state index in [-0.39, 0.29) is 11.7 Å². The number of carbonyl (C=O) groups is 1. The maximum Gasteiger partial charge on any atom is 0.143 e. The molecule has 0 aromatic heterocycles. The first-order chi connectivity index (χ1) is 9.54. The molecule has 2 nitrogen and oxygen atoms in total. The third kappa shape index (κ3) is 3.08. The Hall–Kier alpha value is -1.66. The van der Waals surface area contributed by atoms with Crippen LogP contribution in [0.25, 0.3) is 0 Å². The van der Waals surface area contributed by atoms with Gasteiger partial charge in [-0.05, 0) is 6.92 Å². The molecule has 0 N–H and O–H groups in total. The molecule has 2 rings (SSSR count). The SMILES string of the molecule is CC(=O)C(C)CP(=O)(c1ccccc1)c1ccccc1. The minimum absolute atomic E-state index is 0.0806. The molecule has 0 spiro atoms. The summed E-state index contributed by atoms with van der Waals surface area (Å²) in [6, 6.07) is 18.9. The maximum atomic E-state index is 13.6. The van der Waals surface area contributed by atoms with E-state index in [1.165, 1.54) is 0 Å². The maximum absolute atomic E-state index is 13.6. The van der Waals surface area contributed by atoms with Crippen molar-refractivity contribution in [3.63, 3.8) is 0 Å². The first kappa shape index (κ1) is 14.7. The first-order valence-electron chi connectivity index (χ1n) is 6.75. The van der Waals surface area contributed by atoms with Gasteiger partial charge in [-0.3, -0.25) is 4.79 Å². The van der Waals surface area contributed by atoms with Crippen molar-refractivity contribution in [3.05, 3.63) is 60.7 Å². The molecular weight excluding hydrogens is 267 g/mol. The number of ketones is 1. The molecule has 0 aliphatic rings. The van der Waals surface area contributed by atoms with Gasteiger partial charge in [0.25, 0.3) is 0 Å². The summed E-state index contributed by atoms with van der Waals surface area (Å²) in [5.41, 5.74) is 0. The van der Waals surface area contributed by atoms with Crippen LogP contribution in [0.4, 0.5) is 0 Å². The van der Waals surface area contributed by atoms with E-state index in [1.54, 1.807) is 6.92 Å². The fraction of sp³-hybridized carbons (Fsp3) is 0.235. The Kier molecular flexibility index (Phi) is 4.57. The molecule has 0 bridgehead atoms. The molecular formula is C17H19O2P. The summed E-state index contributed by atoms with van der Waals surface area (Å²) in [7, 11) is -2.75. The summed E-state index contributed by atoms with van der Waals surface area (Å²) in [5, 5.41) is 1.64. The molecule has 0 fully saturated rings. The van der Waals surface area contributed by atoms with E-state index in [1.807, 2.05) is 67.6 Å². The van der Waals surface area contributed by atoms with Crippen LogP contribution in [0.15, 0.2) is 60.7 Å². The van der Waals surface area contributed by atoms with E-state index in [0.29, 0.717) is 6.16 Å². The lowest BCUT2D eigenvalue weighted by Gasteiger charge is -2.21. The summed E-state index contributed by atoms with van der Waals surface area (Å²) < 4.78 is 13.6. The van der Waals surface area contributed by atoms with Crippen LogP contribution in [0.3, 0.4) is 0 Å². The van der Waals surface area contributed by atoms with Gasteiger partial charge in [0.2, 0.25) is 0 Å². The highest BCUT2D eigenvalue weighted by molar-refractivity contribution is 7.78. The zero-order valence-electron chi connectivity index (χ0n) is 11.8. The van der Waals surface area contributed by atoms with Gasteiger partial charge in [0, 0.05) is 22.7 Å². The number of hydrogen-bond donors (Lipinski definition) is 0. The van der Waals surface area contributed by atoms with E-state index >= 15 is 0 Å². The van der Waals surface area contributed by atoms with Crippen LogP contribution >= 0.6 is 7.14 Å². The third-order valence-electron chi connectivity index (χ3n) is 3.57. The summed E-state index contributed by atoms with van der Waals surface area (Å²) in [5.74, 6) is -0.127. The van der Waals surface area contributed by atoms with Gasteiger partial charge in [0.05, 0.1) is 0 Å². The van der Waals surface area contributed by atoms with E-state index in [4.69, 9.17) is 0 Å². The highest BCUT2D eigenvalue weighted by atomic mass is 31.2. The summed E-state index contributed by atoms with van der Waals surface area (Å²) in [6.45, 7) is 3.41. The van der Waals surface area contributed by atoms with Crippen LogP contribution in [0, 0.1) is 5.92 Å². The predicted octanol–water partition coefficient (Wildman–Crippen LogP) is 3.23. The second-order valence-corrected chi connectivity index (χ2v) is 7.98. The molecule has 104 valence electrons. The normalized spacial score (nSPS) is 12.9. The standard InChI is InChI=1S/C17H19O2P/c1-14(15(2)18)13-20(19,16-9-5-3-6-10-16)17-11-7-4-8-12-17/h3-12,14H,13H2,1-2H3. The zero-order chi connectivity index (χ0) is 14.6. The molecule has 0 aliphatic carbocycles. The Morgan fingerprint density at radius 1 is 0.950 bits per heavy atom. The average Bonchev–Trinajstić information content (AvgIpc) is 2.48. The molecule has 2 aromatic carbocycles. The number of hydrogen-bond acceptors (Lipinski definition) is 2. The van der Waals surface area contributed by atoms with E-state index in [9.17, 15) is 9.36 Å². The number of Topliss-reactive ketones (excluding diaryl/α,β-unsaturated/α-hetero) is 1. The van der Waals surface area contributed by atoms with Crippen LogP contribution in [-0.2, 0) is 9.36 Å². The quantitative estimate of drug-likeness (QED) is 0.791. The van der Waals surface area contributed by atoms with Crippen molar-refractivity contribution in [3.8, 4) is 0 Å². The van der Waals surface area contributed by atoms with Crippen molar-refractivity contribution in [2.24, 2.45) is 5.92 Å².